The largest absolute Gasteiger partial charge is 0.487 e. The van der Waals surface area contributed by atoms with E-state index >= 15 is 0 Å². The van der Waals surface area contributed by atoms with E-state index in [1.54, 1.807) is 0 Å². The van der Waals surface area contributed by atoms with Gasteiger partial charge in [0, 0.05) is 25.6 Å². The lowest BCUT2D eigenvalue weighted by molar-refractivity contribution is 0.138. The van der Waals surface area contributed by atoms with Crippen molar-refractivity contribution in [2.45, 2.75) is 45.9 Å². The van der Waals surface area contributed by atoms with E-state index in [1.807, 2.05) is 13.0 Å². The predicted octanol–water partition coefficient (Wildman–Crippen LogP) is 2.99. The Hall–Kier alpha value is -1.81. The summed E-state index contributed by atoms with van der Waals surface area (Å²) in [7, 11) is 0. The van der Waals surface area contributed by atoms with Gasteiger partial charge in [-0.25, -0.2) is 0 Å². The van der Waals surface area contributed by atoms with Crippen molar-refractivity contribution in [3.05, 3.63) is 46.8 Å². The molecule has 0 saturated carbocycles. The molecule has 106 valence electrons. The summed E-state index contributed by atoms with van der Waals surface area (Å²) in [5.41, 5.74) is 3.43. The predicted molar refractivity (Wildman–Crippen MR) is 76.6 cm³/mol. The van der Waals surface area contributed by atoms with Crippen molar-refractivity contribution in [3.63, 3.8) is 0 Å². The number of benzene rings is 1. The molecular weight excluding hydrogens is 252 g/mol. The second-order valence-electron chi connectivity index (χ2n) is 6.01. The molecule has 0 spiro atoms. The van der Waals surface area contributed by atoms with Crippen LogP contribution in [-0.4, -0.2) is 10.8 Å². The normalized spacial score (nSPS) is 15.9. The second kappa shape index (κ2) is 4.94. The maximum atomic E-state index is 5.88. The van der Waals surface area contributed by atoms with Gasteiger partial charge in [0.1, 0.15) is 17.1 Å². The highest BCUT2D eigenvalue weighted by Gasteiger charge is 2.29. The molecule has 1 aromatic heterocycles. The Labute approximate surface area is 119 Å². The number of aryl methyl sites for hydroxylation is 1. The van der Waals surface area contributed by atoms with E-state index in [0.29, 0.717) is 0 Å². The monoisotopic (exact) mass is 272 g/mol. The summed E-state index contributed by atoms with van der Waals surface area (Å²) in [6.07, 6.45) is 0.971. The Bertz CT molecular complexity index is 617. The molecule has 0 amide bonds. The van der Waals surface area contributed by atoms with E-state index < -0.39 is 0 Å². The molecule has 0 fully saturated rings. The zero-order valence-electron chi connectivity index (χ0n) is 12.2. The maximum absolute atomic E-state index is 5.88. The number of nitrogens with one attached hydrogen (secondary N) is 1. The van der Waals surface area contributed by atoms with Gasteiger partial charge in [0.2, 0.25) is 0 Å². The van der Waals surface area contributed by atoms with E-state index in [-0.39, 0.29) is 5.60 Å². The number of hydrogen-bond acceptors (Lipinski definition) is 4. The molecule has 0 saturated heterocycles. The van der Waals surface area contributed by atoms with E-state index in [4.69, 9.17) is 9.26 Å². The van der Waals surface area contributed by atoms with Crippen molar-refractivity contribution in [2.24, 2.45) is 0 Å². The lowest BCUT2D eigenvalue weighted by atomic mass is 10.0. The molecule has 0 radical (unpaired) electrons. The first-order chi connectivity index (χ1) is 9.52. The van der Waals surface area contributed by atoms with E-state index in [2.05, 4.69) is 42.5 Å². The van der Waals surface area contributed by atoms with Gasteiger partial charge < -0.3 is 14.6 Å². The minimum atomic E-state index is -0.0768. The van der Waals surface area contributed by atoms with Crippen molar-refractivity contribution in [1.82, 2.24) is 10.5 Å². The van der Waals surface area contributed by atoms with Gasteiger partial charge in [-0.15, -0.1) is 0 Å². The fraction of sp³-hybridized carbons (Fsp3) is 0.438. The van der Waals surface area contributed by atoms with E-state index in [1.165, 1.54) is 11.1 Å². The highest BCUT2D eigenvalue weighted by molar-refractivity contribution is 5.41. The average molecular weight is 272 g/mol. The summed E-state index contributed by atoms with van der Waals surface area (Å²) in [6.45, 7) is 7.68. The summed E-state index contributed by atoms with van der Waals surface area (Å²) in [6, 6.07) is 8.36. The molecule has 20 heavy (non-hydrogen) atoms. The minimum absolute atomic E-state index is 0.0768. The summed E-state index contributed by atoms with van der Waals surface area (Å²) in [5.74, 6) is 1.87. The van der Waals surface area contributed by atoms with Crippen molar-refractivity contribution in [1.29, 1.82) is 0 Å². The Balaban J connectivity index is 1.59. The third-order valence-corrected chi connectivity index (χ3v) is 3.44. The van der Waals surface area contributed by atoms with Gasteiger partial charge in [0.25, 0.3) is 0 Å². The molecule has 0 bridgehead atoms. The molecule has 0 atom stereocenters. The topological polar surface area (TPSA) is 47.3 Å². The lowest BCUT2D eigenvalue weighted by Crippen LogP contribution is -2.24. The first-order valence-electron chi connectivity index (χ1n) is 6.96. The van der Waals surface area contributed by atoms with Gasteiger partial charge in [0.15, 0.2) is 0 Å². The van der Waals surface area contributed by atoms with Crippen LogP contribution in [0.25, 0.3) is 0 Å². The third-order valence-electron chi connectivity index (χ3n) is 3.44. The molecule has 1 aliphatic heterocycles. The van der Waals surface area contributed by atoms with Gasteiger partial charge in [0.05, 0.1) is 5.69 Å². The molecule has 1 aliphatic rings. The highest BCUT2D eigenvalue weighted by atomic mass is 16.5. The Morgan fingerprint density at radius 2 is 2.10 bits per heavy atom. The van der Waals surface area contributed by atoms with Crippen LogP contribution in [0.15, 0.2) is 28.8 Å². The van der Waals surface area contributed by atoms with Crippen LogP contribution in [0.2, 0.25) is 0 Å². The van der Waals surface area contributed by atoms with Gasteiger partial charge in [-0.2, -0.15) is 0 Å². The Morgan fingerprint density at radius 3 is 2.85 bits per heavy atom. The molecule has 2 heterocycles. The molecular formula is C16H20N2O2. The fourth-order valence-electron chi connectivity index (χ4n) is 2.61. The SMILES string of the molecule is Cc1cc(CNCc2ccc3c(c2)CC(C)(C)O3)no1. The van der Waals surface area contributed by atoms with Crippen LogP contribution in [0, 0.1) is 6.92 Å². The third kappa shape index (κ3) is 2.85. The van der Waals surface area contributed by atoms with Crippen LogP contribution in [-0.2, 0) is 19.5 Å². The first kappa shape index (κ1) is 13.2. The zero-order chi connectivity index (χ0) is 14.2. The molecule has 1 aromatic carbocycles. The van der Waals surface area contributed by atoms with Crippen molar-refractivity contribution in [2.75, 3.05) is 0 Å². The standard InChI is InChI=1S/C16H20N2O2/c1-11-6-14(18-20-11)10-17-9-12-4-5-15-13(7-12)8-16(2,3)19-15/h4-7,17H,8-10H2,1-3H3. The van der Waals surface area contributed by atoms with Crippen LogP contribution in [0.3, 0.4) is 0 Å². The van der Waals surface area contributed by atoms with Crippen LogP contribution in [0.4, 0.5) is 0 Å². The number of rotatable bonds is 4. The van der Waals surface area contributed by atoms with Gasteiger partial charge >= 0.3 is 0 Å². The van der Waals surface area contributed by atoms with E-state index in [9.17, 15) is 0 Å². The Morgan fingerprint density at radius 1 is 1.25 bits per heavy atom. The van der Waals surface area contributed by atoms with Crippen molar-refractivity contribution >= 4 is 0 Å². The van der Waals surface area contributed by atoms with Gasteiger partial charge in [-0.3, -0.25) is 0 Å². The second-order valence-corrected chi connectivity index (χ2v) is 6.01. The average Bonchev–Trinajstić information content (AvgIpc) is 2.90. The summed E-state index contributed by atoms with van der Waals surface area (Å²) < 4.78 is 10.9. The van der Waals surface area contributed by atoms with Gasteiger partial charge in [-0.05, 0) is 38.0 Å². The smallest absolute Gasteiger partial charge is 0.133 e. The number of hydrogen-bond donors (Lipinski definition) is 1. The highest BCUT2D eigenvalue weighted by Crippen LogP contribution is 2.35. The van der Waals surface area contributed by atoms with Crippen LogP contribution in [0.1, 0.15) is 36.4 Å². The van der Waals surface area contributed by atoms with Crippen LogP contribution < -0.4 is 10.1 Å². The summed E-state index contributed by atoms with van der Waals surface area (Å²) in [4.78, 5) is 0. The van der Waals surface area contributed by atoms with Gasteiger partial charge in [-0.1, -0.05) is 17.3 Å². The Kier molecular flexibility index (Phi) is 3.26. The molecule has 1 N–H and O–H groups in total. The minimum Gasteiger partial charge on any atom is -0.487 e. The fourth-order valence-corrected chi connectivity index (χ4v) is 2.61. The number of ether oxygens (including phenoxy) is 1. The van der Waals surface area contributed by atoms with Crippen LogP contribution >= 0.6 is 0 Å². The molecule has 0 aliphatic carbocycles. The number of aromatic nitrogens is 1. The number of fused-ring (bicyclic) bond motifs is 1. The van der Waals surface area contributed by atoms with Crippen molar-refractivity contribution in [3.8, 4) is 5.75 Å². The number of nitrogens with zero attached hydrogens (tertiary/aromatic N) is 1. The van der Waals surface area contributed by atoms with Crippen molar-refractivity contribution < 1.29 is 9.26 Å². The first-order valence-corrected chi connectivity index (χ1v) is 6.96. The van der Waals surface area contributed by atoms with E-state index in [0.717, 1.165) is 36.7 Å². The molecule has 0 unspecified atom stereocenters. The summed E-state index contributed by atoms with van der Waals surface area (Å²) in [5, 5.41) is 7.35. The molecule has 2 aromatic rings. The maximum Gasteiger partial charge on any atom is 0.133 e. The zero-order valence-corrected chi connectivity index (χ0v) is 12.2. The molecule has 4 heteroatoms. The lowest BCUT2D eigenvalue weighted by Gasteiger charge is -2.16. The van der Waals surface area contributed by atoms with Crippen LogP contribution in [0.5, 0.6) is 5.75 Å². The molecule has 3 rings (SSSR count). The summed E-state index contributed by atoms with van der Waals surface area (Å²) >= 11 is 0. The quantitative estimate of drug-likeness (QED) is 0.929. The molecule has 4 nitrogen and oxygen atoms in total.